The van der Waals surface area contributed by atoms with Crippen LogP contribution in [-0.2, 0) is 4.79 Å². The van der Waals surface area contributed by atoms with E-state index in [1.165, 1.54) is 11.3 Å². The molecule has 0 bridgehead atoms. The molecule has 4 nitrogen and oxygen atoms in total. The molecule has 5 heteroatoms. The fourth-order valence-corrected chi connectivity index (χ4v) is 3.61. The first-order valence-electron chi connectivity index (χ1n) is 9.02. The number of carbonyl (C=O) groups is 1. The Morgan fingerprint density at radius 3 is 2.59 bits per heavy atom. The number of hydrogen-bond donors (Lipinski definition) is 1. The number of para-hydroxylation sites is 1. The summed E-state index contributed by atoms with van der Waals surface area (Å²) in [6.07, 6.45) is 2.85. The highest BCUT2D eigenvalue weighted by molar-refractivity contribution is 7.19. The summed E-state index contributed by atoms with van der Waals surface area (Å²) in [5.74, 6) is 0.571. The number of carboxylic acids is 1. The summed E-state index contributed by atoms with van der Waals surface area (Å²) >= 11 is 1.52. The molecule has 0 aliphatic carbocycles. The van der Waals surface area contributed by atoms with Gasteiger partial charge in [0.05, 0.1) is 23.2 Å². The van der Waals surface area contributed by atoms with Gasteiger partial charge in [0.2, 0.25) is 0 Å². The quantitative estimate of drug-likeness (QED) is 0.541. The van der Waals surface area contributed by atoms with Crippen molar-refractivity contribution < 1.29 is 14.6 Å². The lowest BCUT2D eigenvalue weighted by Gasteiger charge is -2.08. The Labute approximate surface area is 163 Å². The number of ether oxygens (including phenoxy) is 1. The molecule has 0 aliphatic heterocycles. The third kappa shape index (κ3) is 5.41. The van der Waals surface area contributed by atoms with E-state index in [1.54, 1.807) is 0 Å². The first-order chi connectivity index (χ1) is 13.0. The predicted molar refractivity (Wildman–Crippen MR) is 111 cm³/mol. The van der Waals surface area contributed by atoms with E-state index in [0.29, 0.717) is 18.1 Å². The Balaban J connectivity index is 1.82. The van der Waals surface area contributed by atoms with E-state index >= 15 is 0 Å². The van der Waals surface area contributed by atoms with Crippen LogP contribution in [0.1, 0.15) is 37.3 Å². The lowest BCUT2D eigenvalue weighted by Crippen LogP contribution is -2.01. The van der Waals surface area contributed by atoms with Gasteiger partial charge in [-0.05, 0) is 53.8 Å². The van der Waals surface area contributed by atoms with Gasteiger partial charge in [-0.1, -0.05) is 38.1 Å². The van der Waals surface area contributed by atoms with Gasteiger partial charge in [-0.15, -0.1) is 11.3 Å². The minimum atomic E-state index is -0.867. The summed E-state index contributed by atoms with van der Waals surface area (Å²) in [7, 11) is 0. The van der Waals surface area contributed by atoms with Gasteiger partial charge >= 0.3 is 5.97 Å². The van der Waals surface area contributed by atoms with Crippen molar-refractivity contribution in [2.45, 2.75) is 26.7 Å². The summed E-state index contributed by atoms with van der Waals surface area (Å²) in [6.45, 7) is 5.04. The number of aliphatic carboxylic acids is 1. The molecule has 2 aromatic carbocycles. The lowest BCUT2D eigenvalue weighted by atomic mass is 10.1. The van der Waals surface area contributed by atoms with Crippen LogP contribution in [0.4, 0.5) is 0 Å². The maximum atomic E-state index is 11.3. The molecule has 0 fully saturated rings. The van der Waals surface area contributed by atoms with Crippen molar-refractivity contribution in [1.29, 1.82) is 0 Å². The van der Waals surface area contributed by atoms with E-state index in [4.69, 9.17) is 4.74 Å². The van der Waals surface area contributed by atoms with Crippen molar-refractivity contribution in [2.24, 2.45) is 5.92 Å². The van der Waals surface area contributed by atoms with E-state index in [-0.39, 0.29) is 6.42 Å². The summed E-state index contributed by atoms with van der Waals surface area (Å²) in [6, 6.07) is 15.6. The molecule has 1 aromatic heterocycles. The second kappa shape index (κ2) is 8.82. The Morgan fingerprint density at radius 2 is 1.93 bits per heavy atom. The minimum Gasteiger partial charge on any atom is -0.494 e. The van der Waals surface area contributed by atoms with Gasteiger partial charge in [0.1, 0.15) is 10.8 Å². The van der Waals surface area contributed by atoms with Gasteiger partial charge in [0.15, 0.2) is 0 Å². The van der Waals surface area contributed by atoms with Gasteiger partial charge in [-0.2, -0.15) is 0 Å². The Kier molecular flexibility index (Phi) is 6.24. The van der Waals surface area contributed by atoms with E-state index in [1.807, 2.05) is 54.6 Å². The van der Waals surface area contributed by atoms with Crippen LogP contribution in [0.15, 0.2) is 48.5 Å². The average Bonchev–Trinajstić information content (AvgIpc) is 3.06. The summed E-state index contributed by atoms with van der Waals surface area (Å²) in [5, 5.41) is 10.0. The van der Waals surface area contributed by atoms with E-state index in [0.717, 1.165) is 33.0 Å². The molecular formula is C22H23NO3S. The molecule has 0 saturated carbocycles. The van der Waals surface area contributed by atoms with Crippen LogP contribution < -0.4 is 4.74 Å². The third-order valence-electron chi connectivity index (χ3n) is 4.10. The van der Waals surface area contributed by atoms with Crippen LogP contribution >= 0.6 is 11.3 Å². The average molecular weight is 381 g/mol. The van der Waals surface area contributed by atoms with Crippen molar-refractivity contribution in [3.63, 3.8) is 0 Å². The second-order valence-corrected chi connectivity index (χ2v) is 7.86. The number of aromatic nitrogens is 1. The molecule has 0 unspecified atom stereocenters. The van der Waals surface area contributed by atoms with Gasteiger partial charge in [-0.3, -0.25) is 4.79 Å². The zero-order valence-corrected chi connectivity index (χ0v) is 16.3. The highest BCUT2D eigenvalue weighted by Gasteiger charge is 2.12. The van der Waals surface area contributed by atoms with Crippen LogP contribution in [0.5, 0.6) is 5.75 Å². The van der Waals surface area contributed by atoms with Crippen molar-refractivity contribution in [3.05, 3.63) is 59.1 Å². The molecule has 1 N–H and O–H groups in total. The molecule has 3 aromatic rings. The molecule has 0 amide bonds. The van der Waals surface area contributed by atoms with Gasteiger partial charge in [0.25, 0.3) is 0 Å². The maximum absolute atomic E-state index is 11.3. The van der Waals surface area contributed by atoms with Gasteiger partial charge in [-0.25, -0.2) is 4.98 Å². The molecule has 0 aliphatic rings. The SMILES string of the molecule is CC(C)CCOc1ccc(/C=C(/CC(=O)O)c2nc3ccccc3s2)cc1. The number of fused-ring (bicyclic) bond motifs is 1. The zero-order valence-electron chi connectivity index (χ0n) is 15.5. The summed E-state index contributed by atoms with van der Waals surface area (Å²) < 4.78 is 6.79. The first-order valence-corrected chi connectivity index (χ1v) is 9.84. The van der Waals surface area contributed by atoms with Crippen LogP contribution in [0.3, 0.4) is 0 Å². The molecule has 140 valence electrons. The van der Waals surface area contributed by atoms with Crippen LogP contribution in [0, 0.1) is 5.92 Å². The van der Waals surface area contributed by atoms with Crippen molar-refractivity contribution in [1.82, 2.24) is 4.98 Å². The number of rotatable bonds is 8. The first kappa shape index (κ1) is 19.1. The predicted octanol–water partition coefficient (Wildman–Crippen LogP) is 5.74. The van der Waals surface area contributed by atoms with Crippen LogP contribution in [-0.4, -0.2) is 22.7 Å². The number of carboxylic acid groups (broad SMARTS) is 1. The molecule has 0 atom stereocenters. The minimum absolute atomic E-state index is 0.0630. The maximum Gasteiger partial charge on any atom is 0.307 e. The third-order valence-corrected chi connectivity index (χ3v) is 5.21. The highest BCUT2D eigenvalue weighted by atomic mass is 32.1. The van der Waals surface area contributed by atoms with Crippen molar-refractivity contribution in [2.75, 3.05) is 6.61 Å². The van der Waals surface area contributed by atoms with Crippen LogP contribution in [0.2, 0.25) is 0 Å². The smallest absolute Gasteiger partial charge is 0.307 e. The van der Waals surface area contributed by atoms with E-state index in [2.05, 4.69) is 18.8 Å². The molecule has 3 rings (SSSR count). The zero-order chi connectivity index (χ0) is 19.2. The molecule has 0 radical (unpaired) electrons. The highest BCUT2D eigenvalue weighted by Crippen LogP contribution is 2.30. The normalized spacial score (nSPS) is 11.9. The fourth-order valence-electron chi connectivity index (χ4n) is 2.63. The van der Waals surface area contributed by atoms with E-state index < -0.39 is 5.97 Å². The number of hydrogen-bond acceptors (Lipinski definition) is 4. The van der Waals surface area contributed by atoms with Gasteiger partial charge < -0.3 is 9.84 Å². The number of nitrogens with zero attached hydrogens (tertiary/aromatic N) is 1. The lowest BCUT2D eigenvalue weighted by molar-refractivity contribution is -0.135. The standard InChI is InChI=1S/C22H23NO3S/c1-15(2)11-12-26-18-9-7-16(8-10-18)13-17(14-21(24)25)22-23-19-5-3-4-6-20(19)27-22/h3-10,13,15H,11-12,14H2,1-2H3,(H,24,25)/b17-13-. The molecule has 0 spiro atoms. The Hall–Kier alpha value is -2.66. The topological polar surface area (TPSA) is 59.4 Å². The van der Waals surface area contributed by atoms with E-state index in [9.17, 15) is 9.90 Å². The van der Waals surface area contributed by atoms with Gasteiger partial charge in [0, 0.05) is 0 Å². The fraction of sp³-hybridized carbons (Fsp3) is 0.273. The Morgan fingerprint density at radius 1 is 1.19 bits per heavy atom. The summed E-state index contributed by atoms with van der Waals surface area (Å²) in [4.78, 5) is 15.9. The second-order valence-electron chi connectivity index (χ2n) is 6.83. The molecule has 1 heterocycles. The molecule has 27 heavy (non-hydrogen) atoms. The largest absolute Gasteiger partial charge is 0.494 e. The number of thiazole rings is 1. The van der Waals surface area contributed by atoms with Crippen LogP contribution in [0.25, 0.3) is 21.9 Å². The van der Waals surface area contributed by atoms with Crippen molar-refractivity contribution >= 4 is 39.2 Å². The Bertz CT molecular complexity index is 909. The number of benzene rings is 2. The van der Waals surface area contributed by atoms with Crippen molar-refractivity contribution in [3.8, 4) is 5.75 Å². The molecular weight excluding hydrogens is 358 g/mol. The monoisotopic (exact) mass is 381 g/mol. The summed E-state index contributed by atoms with van der Waals surface area (Å²) in [5.41, 5.74) is 2.53. The molecule has 0 saturated heterocycles.